The molecule has 1 aromatic rings. The number of carboxylic acids is 1. The molecule has 0 aliphatic carbocycles. The normalized spacial score (nSPS) is 29.5. The van der Waals surface area contributed by atoms with E-state index in [0.717, 1.165) is 19.3 Å². The Morgan fingerprint density at radius 3 is 2.94 bits per heavy atom. The van der Waals surface area contributed by atoms with Crippen LogP contribution in [-0.2, 0) is 4.74 Å². The minimum absolute atomic E-state index is 0.0223. The summed E-state index contributed by atoms with van der Waals surface area (Å²) in [4.78, 5) is 19.2. The first-order valence-corrected chi connectivity index (χ1v) is 6.13. The minimum Gasteiger partial charge on any atom is -0.477 e. The predicted molar refractivity (Wildman–Crippen MR) is 63.7 cm³/mol. The average Bonchev–Trinajstić information content (AvgIpc) is 2.90. The molecule has 6 heteroatoms. The molecule has 3 unspecified atom stereocenters. The zero-order valence-corrected chi connectivity index (χ0v) is 10.1. The van der Waals surface area contributed by atoms with Gasteiger partial charge in [0.15, 0.2) is 5.69 Å². The Kier molecular flexibility index (Phi) is 2.66. The molecule has 0 radical (unpaired) electrons. The van der Waals surface area contributed by atoms with Gasteiger partial charge in [0.05, 0.1) is 18.2 Å². The van der Waals surface area contributed by atoms with E-state index in [1.54, 1.807) is 6.92 Å². The summed E-state index contributed by atoms with van der Waals surface area (Å²) in [5, 5.41) is 12.2. The molecule has 2 N–H and O–H groups in total. The SMILES string of the molecule is Cc1cc(C(=O)O)nc(NC2CC3CCC2O3)n1. The van der Waals surface area contributed by atoms with Crippen LogP contribution in [-0.4, -0.2) is 39.3 Å². The number of anilines is 1. The van der Waals surface area contributed by atoms with Gasteiger partial charge in [-0.3, -0.25) is 0 Å². The lowest BCUT2D eigenvalue weighted by atomic mass is 9.96. The Hall–Kier alpha value is -1.69. The van der Waals surface area contributed by atoms with Crippen LogP contribution in [0.1, 0.15) is 35.4 Å². The standard InChI is InChI=1S/C12H15N3O3/c1-6-4-9(11(16)17)15-12(13-6)14-8-5-7-2-3-10(8)18-7/h4,7-8,10H,2-3,5H2,1H3,(H,16,17)(H,13,14,15). The topological polar surface area (TPSA) is 84.3 Å². The number of ether oxygens (including phenoxy) is 1. The van der Waals surface area contributed by atoms with Gasteiger partial charge in [-0.2, -0.15) is 0 Å². The monoisotopic (exact) mass is 249 g/mol. The second-order valence-corrected chi connectivity index (χ2v) is 4.88. The number of aryl methyl sites for hydroxylation is 1. The molecule has 2 aliphatic heterocycles. The van der Waals surface area contributed by atoms with Gasteiger partial charge in [0.1, 0.15) is 0 Å². The highest BCUT2D eigenvalue weighted by Crippen LogP contribution is 2.35. The molecular formula is C12H15N3O3. The van der Waals surface area contributed by atoms with Crippen LogP contribution in [0.2, 0.25) is 0 Å². The van der Waals surface area contributed by atoms with E-state index in [4.69, 9.17) is 9.84 Å². The second kappa shape index (κ2) is 4.20. The molecule has 0 spiro atoms. The second-order valence-electron chi connectivity index (χ2n) is 4.88. The summed E-state index contributed by atoms with van der Waals surface area (Å²) < 4.78 is 5.73. The van der Waals surface area contributed by atoms with E-state index in [-0.39, 0.29) is 17.8 Å². The number of fused-ring (bicyclic) bond motifs is 2. The maximum atomic E-state index is 10.9. The number of nitrogens with zero attached hydrogens (tertiary/aromatic N) is 2. The number of rotatable bonds is 3. The third kappa shape index (κ3) is 2.03. The summed E-state index contributed by atoms with van der Waals surface area (Å²) in [6.07, 6.45) is 3.69. The molecule has 0 saturated carbocycles. The van der Waals surface area contributed by atoms with Crippen LogP contribution in [0.15, 0.2) is 6.07 Å². The number of hydrogen-bond acceptors (Lipinski definition) is 5. The van der Waals surface area contributed by atoms with Gasteiger partial charge in [0.2, 0.25) is 5.95 Å². The van der Waals surface area contributed by atoms with E-state index >= 15 is 0 Å². The van der Waals surface area contributed by atoms with Crippen LogP contribution >= 0.6 is 0 Å². The molecule has 2 bridgehead atoms. The Bertz CT molecular complexity index is 491. The zero-order valence-electron chi connectivity index (χ0n) is 10.1. The highest BCUT2D eigenvalue weighted by molar-refractivity contribution is 5.85. The van der Waals surface area contributed by atoms with Gasteiger partial charge in [-0.05, 0) is 32.3 Å². The lowest BCUT2D eigenvalue weighted by Gasteiger charge is -2.20. The van der Waals surface area contributed by atoms with Gasteiger partial charge < -0.3 is 15.2 Å². The Balaban J connectivity index is 1.78. The molecule has 96 valence electrons. The van der Waals surface area contributed by atoms with Gasteiger partial charge >= 0.3 is 5.97 Å². The van der Waals surface area contributed by atoms with Gasteiger partial charge in [0, 0.05) is 5.69 Å². The largest absolute Gasteiger partial charge is 0.477 e. The molecule has 0 amide bonds. The first-order chi connectivity index (χ1) is 8.61. The molecule has 18 heavy (non-hydrogen) atoms. The van der Waals surface area contributed by atoms with Crippen LogP contribution in [0.3, 0.4) is 0 Å². The maximum Gasteiger partial charge on any atom is 0.354 e. The summed E-state index contributed by atoms with van der Waals surface area (Å²) in [7, 11) is 0. The van der Waals surface area contributed by atoms with E-state index in [1.165, 1.54) is 6.07 Å². The summed E-state index contributed by atoms with van der Waals surface area (Å²) >= 11 is 0. The molecule has 1 aromatic heterocycles. The highest BCUT2D eigenvalue weighted by atomic mass is 16.5. The highest BCUT2D eigenvalue weighted by Gasteiger charge is 2.41. The van der Waals surface area contributed by atoms with Crippen molar-refractivity contribution in [2.45, 2.75) is 44.4 Å². The van der Waals surface area contributed by atoms with Gasteiger partial charge in [-0.15, -0.1) is 0 Å². The molecule has 0 aromatic carbocycles. The predicted octanol–water partition coefficient (Wildman–Crippen LogP) is 1.22. The third-order valence-corrected chi connectivity index (χ3v) is 3.49. The third-order valence-electron chi connectivity index (χ3n) is 3.49. The molecule has 3 rings (SSSR count). The Morgan fingerprint density at radius 1 is 1.50 bits per heavy atom. The minimum atomic E-state index is -1.03. The van der Waals surface area contributed by atoms with E-state index in [1.807, 2.05) is 0 Å². The number of aromatic carboxylic acids is 1. The first-order valence-electron chi connectivity index (χ1n) is 6.13. The number of carboxylic acid groups (broad SMARTS) is 1. The van der Waals surface area contributed by atoms with Crippen molar-refractivity contribution < 1.29 is 14.6 Å². The zero-order chi connectivity index (χ0) is 12.7. The van der Waals surface area contributed by atoms with Crippen molar-refractivity contribution in [3.05, 3.63) is 17.5 Å². The lowest BCUT2D eigenvalue weighted by Crippen LogP contribution is -2.31. The van der Waals surface area contributed by atoms with E-state index in [0.29, 0.717) is 17.7 Å². The Morgan fingerprint density at radius 2 is 2.33 bits per heavy atom. The molecule has 2 aliphatic rings. The fourth-order valence-corrected chi connectivity index (χ4v) is 2.70. The van der Waals surface area contributed by atoms with Crippen molar-refractivity contribution in [3.8, 4) is 0 Å². The van der Waals surface area contributed by atoms with Crippen molar-refractivity contribution in [3.63, 3.8) is 0 Å². The molecule has 3 heterocycles. The fourth-order valence-electron chi connectivity index (χ4n) is 2.70. The van der Waals surface area contributed by atoms with Crippen molar-refractivity contribution in [1.29, 1.82) is 0 Å². The quantitative estimate of drug-likeness (QED) is 0.837. The van der Waals surface area contributed by atoms with Gasteiger partial charge in [-0.1, -0.05) is 0 Å². The van der Waals surface area contributed by atoms with E-state index < -0.39 is 5.97 Å². The van der Waals surface area contributed by atoms with Crippen LogP contribution < -0.4 is 5.32 Å². The van der Waals surface area contributed by atoms with Gasteiger partial charge in [-0.25, -0.2) is 14.8 Å². The smallest absolute Gasteiger partial charge is 0.354 e. The van der Waals surface area contributed by atoms with Crippen LogP contribution in [0.5, 0.6) is 0 Å². The number of aromatic nitrogens is 2. The molecule has 2 fully saturated rings. The summed E-state index contributed by atoms with van der Waals surface area (Å²) in [6.45, 7) is 1.76. The molecule has 2 saturated heterocycles. The average molecular weight is 249 g/mol. The molecular weight excluding hydrogens is 234 g/mol. The van der Waals surface area contributed by atoms with Crippen LogP contribution in [0.25, 0.3) is 0 Å². The van der Waals surface area contributed by atoms with E-state index in [9.17, 15) is 4.79 Å². The first kappa shape index (κ1) is 11.4. The summed E-state index contributed by atoms with van der Waals surface area (Å²) in [6, 6.07) is 1.66. The fraction of sp³-hybridized carbons (Fsp3) is 0.583. The van der Waals surface area contributed by atoms with Crippen LogP contribution in [0.4, 0.5) is 5.95 Å². The number of hydrogen-bond donors (Lipinski definition) is 2. The molecule has 3 atom stereocenters. The van der Waals surface area contributed by atoms with E-state index in [2.05, 4.69) is 15.3 Å². The summed E-state index contributed by atoms with van der Waals surface area (Å²) in [5.74, 6) is -0.652. The number of nitrogens with one attached hydrogen (secondary N) is 1. The van der Waals surface area contributed by atoms with Gasteiger partial charge in [0.25, 0.3) is 0 Å². The summed E-state index contributed by atoms with van der Waals surface area (Å²) in [5.41, 5.74) is 0.669. The lowest BCUT2D eigenvalue weighted by molar-refractivity contribution is 0.0690. The molecule has 6 nitrogen and oxygen atoms in total. The van der Waals surface area contributed by atoms with Crippen molar-refractivity contribution >= 4 is 11.9 Å². The van der Waals surface area contributed by atoms with Crippen molar-refractivity contribution in [2.24, 2.45) is 0 Å². The number of carbonyl (C=O) groups is 1. The van der Waals surface area contributed by atoms with Crippen LogP contribution in [0, 0.1) is 6.92 Å². The maximum absolute atomic E-state index is 10.9. The Labute approximate surface area is 104 Å². The van der Waals surface area contributed by atoms with Crippen molar-refractivity contribution in [2.75, 3.05) is 5.32 Å². The van der Waals surface area contributed by atoms with Crippen molar-refractivity contribution in [1.82, 2.24) is 9.97 Å².